The van der Waals surface area contributed by atoms with Gasteiger partial charge in [0, 0.05) is 13.6 Å². The number of hydrogen-bond donors (Lipinski definition) is 1. The van der Waals surface area contributed by atoms with Gasteiger partial charge in [-0.05, 0) is 64.7 Å². The summed E-state index contributed by atoms with van der Waals surface area (Å²) in [4.78, 5) is 26.3. The van der Waals surface area contributed by atoms with Crippen molar-refractivity contribution in [2.45, 2.75) is 32.9 Å². The predicted octanol–water partition coefficient (Wildman–Crippen LogP) is 3.69. The first-order valence-corrected chi connectivity index (χ1v) is 9.81. The van der Waals surface area contributed by atoms with Crippen molar-refractivity contribution in [2.24, 2.45) is 0 Å². The second-order valence-corrected chi connectivity index (χ2v) is 7.20. The number of aryl methyl sites for hydroxylation is 1. The summed E-state index contributed by atoms with van der Waals surface area (Å²) in [6.07, 6.45) is 0.896. The van der Waals surface area contributed by atoms with Crippen molar-refractivity contribution in [3.8, 4) is 5.75 Å². The van der Waals surface area contributed by atoms with Crippen LogP contribution < -0.4 is 10.1 Å². The largest absolute Gasteiger partial charge is 0.483 e. The first kappa shape index (κ1) is 21.9. The number of benzene rings is 2. The van der Waals surface area contributed by atoms with E-state index in [1.165, 1.54) is 24.1 Å². The third-order valence-corrected chi connectivity index (χ3v) is 5.06. The lowest BCUT2D eigenvalue weighted by Crippen LogP contribution is -2.48. The highest BCUT2D eigenvalue weighted by atomic mass is 79.9. The number of ether oxygens (including phenoxy) is 1. The van der Waals surface area contributed by atoms with Crippen LogP contribution in [0.25, 0.3) is 0 Å². The van der Waals surface area contributed by atoms with E-state index in [2.05, 4.69) is 28.2 Å². The lowest BCUT2D eigenvalue weighted by Gasteiger charge is -2.28. The van der Waals surface area contributed by atoms with Gasteiger partial charge in [-0.3, -0.25) is 9.59 Å². The topological polar surface area (TPSA) is 58.6 Å². The van der Waals surface area contributed by atoms with Crippen molar-refractivity contribution in [1.29, 1.82) is 0 Å². The molecule has 0 unspecified atom stereocenters. The molecular formula is C21H24BrFN2O3. The molecule has 150 valence electrons. The van der Waals surface area contributed by atoms with Gasteiger partial charge in [-0.2, -0.15) is 0 Å². The van der Waals surface area contributed by atoms with Crippen LogP contribution in [0.2, 0.25) is 0 Å². The molecule has 5 nitrogen and oxygen atoms in total. The standard InChI is InChI=1S/C21H24BrFN2O3/c1-4-15-7-10-19(18(22)11-15)28-13-20(26)25(14(2)21(27)24-3)12-16-5-8-17(23)9-6-16/h5-11,14H,4,12-13H2,1-3H3,(H,24,27)/t14-/m0/s1. The summed E-state index contributed by atoms with van der Waals surface area (Å²) in [5.74, 6) is -0.430. The van der Waals surface area contributed by atoms with Crippen molar-refractivity contribution in [2.75, 3.05) is 13.7 Å². The van der Waals surface area contributed by atoms with Gasteiger partial charge >= 0.3 is 0 Å². The molecule has 0 aliphatic carbocycles. The Hall–Kier alpha value is -2.41. The van der Waals surface area contributed by atoms with Crippen LogP contribution in [0.1, 0.15) is 25.0 Å². The zero-order valence-electron chi connectivity index (χ0n) is 16.2. The Kier molecular flexibility index (Phi) is 7.99. The third-order valence-electron chi connectivity index (χ3n) is 4.44. The van der Waals surface area contributed by atoms with Crippen LogP contribution in [0.3, 0.4) is 0 Å². The molecule has 0 saturated heterocycles. The first-order chi connectivity index (χ1) is 13.3. The maximum absolute atomic E-state index is 13.2. The minimum atomic E-state index is -0.697. The molecule has 0 heterocycles. The summed E-state index contributed by atoms with van der Waals surface area (Å²) in [5.41, 5.74) is 1.87. The summed E-state index contributed by atoms with van der Waals surface area (Å²) in [5, 5.41) is 2.55. The van der Waals surface area contributed by atoms with Crippen molar-refractivity contribution in [3.63, 3.8) is 0 Å². The molecule has 2 amide bonds. The zero-order valence-corrected chi connectivity index (χ0v) is 17.8. The number of likely N-dealkylation sites (N-methyl/N-ethyl adjacent to an activating group) is 1. The fraction of sp³-hybridized carbons (Fsp3) is 0.333. The molecule has 0 saturated carbocycles. The molecule has 2 rings (SSSR count). The van der Waals surface area contributed by atoms with Gasteiger partial charge in [0.05, 0.1) is 4.47 Å². The number of amides is 2. The molecule has 0 radical (unpaired) electrons. The molecule has 7 heteroatoms. The normalized spacial score (nSPS) is 11.6. The molecule has 0 aliphatic heterocycles. The molecule has 0 spiro atoms. The van der Waals surface area contributed by atoms with Crippen molar-refractivity contribution in [1.82, 2.24) is 10.2 Å². The second kappa shape index (κ2) is 10.2. The van der Waals surface area contributed by atoms with Crippen molar-refractivity contribution < 1.29 is 18.7 Å². The summed E-state index contributed by atoms with van der Waals surface area (Å²) < 4.78 is 19.6. The molecule has 0 aromatic heterocycles. The molecule has 2 aromatic carbocycles. The Morgan fingerprint density at radius 2 is 1.82 bits per heavy atom. The first-order valence-electron chi connectivity index (χ1n) is 9.02. The Morgan fingerprint density at radius 3 is 2.39 bits per heavy atom. The zero-order chi connectivity index (χ0) is 20.7. The van der Waals surface area contributed by atoms with E-state index >= 15 is 0 Å². The fourth-order valence-electron chi connectivity index (χ4n) is 2.68. The van der Waals surface area contributed by atoms with E-state index in [9.17, 15) is 14.0 Å². The highest BCUT2D eigenvalue weighted by Crippen LogP contribution is 2.26. The Morgan fingerprint density at radius 1 is 1.18 bits per heavy atom. The molecule has 0 bridgehead atoms. The molecule has 1 N–H and O–H groups in total. The average Bonchev–Trinajstić information content (AvgIpc) is 2.70. The van der Waals surface area contributed by atoms with Crippen LogP contribution in [0.5, 0.6) is 5.75 Å². The maximum Gasteiger partial charge on any atom is 0.261 e. The third kappa shape index (κ3) is 5.79. The highest BCUT2D eigenvalue weighted by Gasteiger charge is 2.26. The van der Waals surface area contributed by atoms with Gasteiger partial charge in [0.15, 0.2) is 6.61 Å². The Balaban J connectivity index is 2.13. The van der Waals surface area contributed by atoms with E-state index in [1.54, 1.807) is 19.1 Å². The lowest BCUT2D eigenvalue weighted by atomic mass is 10.1. The predicted molar refractivity (Wildman–Crippen MR) is 109 cm³/mol. The molecule has 2 aromatic rings. The van der Waals surface area contributed by atoms with Gasteiger partial charge in [0.25, 0.3) is 5.91 Å². The Labute approximate surface area is 173 Å². The van der Waals surface area contributed by atoms with Crippen LogP contribution in [0.15, 0.2) is 46.9 Å². The quantitative estimate of drug-likeness (QED) is 0.666. The summed E-state index contributed by atoms with van der Waals surface area (Å²) in [6.45, 7) is 3.66. The Bertz CT molecular complexity index is 827. The molecular weight excluding hydrogens is 427 g/mol. The molecule has 1 atom stereocenters. The van der Waals surface area contributed by atoms with Gasteiger partial charge in [0.1, 0.15) is 17.6 Å². The van der Waals surface area contributed by atoms with Gasteiger partial charge in [-0.1, -0.05) is 25.1 Å². The van der Waals surface area contributed by atoms with Gasteiger partial charge in [-0.15, -0.1) is 0 Å². The number of nitrogens with zero attached hydrogens (tertiary/aromatic N) is 1. The molecule has 0 fully saturated rings. The van der Waals surface area contributed by atoms with Crippen LogP contribution >= 0.6 is 15.9 Å². The van der Waals surface area contributed by atoms with E-state index in [0.29, 0.717) is 5.75 Å². The van der Waals surface area contributed by atoms with Gasteiger partial charge in [0.2, 0.25) is 5.91 Å². The van der Waals surface area contributed by atoms with Gasteiger partial charge < -0.3 is 15.0 Å². The minimum Gasteiger partial charge on any atom is -0.483 e. The van der Waals surface area contributed by atoms with Crippen LogP contribution in [0, 0.1) is 5.82 Å². The number of carbonyl (C=O) groups excluding carboxylic acids is 2. The second-order valence-electron chi connectivity index (χ2n) is 6.35. The SMILES string of the molecule is CCc1ccc(OCC(=O)N(Cc2ccc(F)cc2)[C@@H](C)C(=O)NC)c(Br)c1. The lowest BCUT2D eigenvalue weighted by molar-refractivity contribution is -0.142. The number of nitrogens with one attached hydrogen (secondary N) is 1. The van der Waals surface area contributed by atoms with Crippen molar-refractivity contribution >= 4 is 27.7 Å². The van der Waals surface area contributed by atoms with Crippen molar-refractivity contribution in [3.05, 3.63) is 63.9 Å². The monoisotopic (exact) mass is 450 g/mol. The smallest absolute Gasteiger partial charge is 0.261 e. The number of rotatable bonds is 8. The highest BCUT2D eigenvalue weighted by molar-refractivity contribution is 9.10. The summed E-state index contributed by atoms with van der Waals surface area (Å²) in [6, 6.07) is 10.8. The van der Waals surface area contributed by atoms with E-state index in [1.807, 2.05) is 18.2 Å². The number of hydrogen-bond acceptors (Lipinski definition) is 3. The minimum absolute atomic E-state index is 0.174. The number of halogens is 2. The van der Waals surface area contributed by atoms with E-state index < -0.39 is 6.04 Å². The van der Waals surface area contributed by atoms with E-state index in [-0.39, 0.29) is 30.8 Å². The fourth-order valence-corrected chi connectivity index (χ4v) is 3.22. The van der Waals surface area contributed by atoms with Crippen LogP contribution in [-0.4, -0.2) is 36.4 Å². The summed E-state index contributed by atoms with van der Waals surface area (Å²) >= 11 is 3.45. The van der Waals surface area contributed by atoms with E-state index in [4.69, 9.17) is 4.74 Å². The van der Waals surface area contributed by atoms with Crippen LogP contribution in [0.4, 0.5) is 4.39 Å². The summed E-state index contributed by atoms with van der Waals surface area (Å²) in [7, 11) is 1.52. The van der Waals surface area contributed by atoms with Crippen LogP contribution in [-0.2, 0) is 22.6 Å². The van der Waals surface area contributed by atoms with E-state index in [0.717, 1.165) is 22.0 Å². The average molecular weight is 451 g/mol. The number of carbonyl (C=O) groups is 2. The molecule has 28 heavy (non-hydrogen) atoms. The van der Waals surface area contributed by atoms with Gasteiger partial charge in [-0.25, -0.2) is 4.39 Å². The molecule has 0 aliphatic rings. The maximum atomic E-state index is 13.2.